The van der Waals surface area contributed by atoms with Crippen LogP contribution in [0.25, 0.3) is 0 Å². The molecule has 0 bridgehead atoms. The van der Waals surface area contributed by atoms with Crippen LogP contribution in [0.5, 0.6) is 0 Å². The number of carbonyl (C=O) groups is 4. The van der Waals surface area contributed by atoms with Crippen LogP contribution < -0.4 is 5.32 Å². The maximum Gasteiger partial charge on any atom is 0.282 e. The van der Waals surface area contributed by atoms with Crippen LogP contribution in [-0.4, -0.2) is 44.9 Å². The minimum Gasteiger partial charge on any atom is -0.302 e. The Bertz CT molecular complexity index is 1040. The van der Waals surface area contributed by atoms with Gasteiger partial charge in [-0.05, 0) is 13.0 Å². The van der Waals surface area contributed by atoms with Gasteiger partial charge in [0, 0.05) is 26.0 Å². The van der Waals surface area contributed by atoms with E-state index in [1.807, 2.05) is 0 Å². The SMILES string of the molecule is CC(=O)c1sc(NC(=O)CCN2C(=O)c3cccc([N+](=O)[O-])c3C2=O)nc1C. The molecule has 0 fully saturated rings. The van der Waals surface area contributed by atoms with Crippen LogP contribution in [0.2, 0.25) is 0 Å². The highest BCUT2D eigenvalue weighted by Gasteiger charge is 2.40. The summed E-state index contributed by atoms with van der Waals surface area (Å²) in [5, 5.41) is 13.9. The Morgan fingerprint density at radius 3 is 2.61 bits per heavy atom. The fraction of sp³-hybridized carbons (Fsp3) is 0.235. The Morgan fingerprint density at radius 2 is 2.00 bits per heavy atom. The molecule has 144 valence electrons. The molecule has 1 aliphatic rings. The Hall–Kier alpha value is -3.47. The van der Waals surface area contributed by atoms with Crippen molar-refractivity contribution < 1.29 is 24.1 Å². The zero-order valence-corrected chi connectivity index (χ0v) is 15.7. The van der Waals surface area contributed by atoms with Gasteiger partial charge < -0.3 is 5.32 Å². The highest BCUT2D eigenvalue weighted by atomic mass is 32.1. The molecule has 0 saturated heterocycles. The van der Waals surface area contributed by atoms with E-state index >= 15 is 0 Å². The number of fused-ring (bicyclic) bond motifs is 1. The molecule has 0 spiro atoms. The third kappa shape index (κ3) is 3.39. The molecule has 3 rings (SSSR count). The molecule has 0 atom stereocenters. The predicted molar refractivity (Wildman–Crippen MR) is 98.6 cm³/mol. The quantitative estimate of drug-likeness (QED) is 0.338. The first-order valence-corrected chi connectivity index (χ1v) is 8.94. The minimum absolute atomic E-state index is 0.0544. The Labute approximate surface area is 162 Å². The van der Waals surface area contributed by atoms with E-state index < -0.39 is 28.3 Å². The summed E-state index contributed by atoms with van der Waals surface area (Å²) in [6, 6.07) is 3.82. The van der Waals surface area contributed by atoms with Gasteiger partial charge in [0.2, 0.25) is 5.91 Å². The normalized spacial score (nSPS) is 12.9. The number of benzene rings is 1. The fourth-order valence-electron chi connectivity index (χ4n) is 2.84. The molecule has 10 nitrogen and oxygen atoms in total. The van der Waals surface area contributed by atoms with Gasteiger partial charge in [-0.2, -0.15) is 0 Å². The van der Waals surface area contributed by atoms with Gasteiger partial charge in [-0.1, -0.05) is 17.4 Å². The summed E-state index contributed by atoms with van der Waals surface area (Å²) in [6.45, 7) is 2.81. The predicted octanol–water partition coefficient (Wildman–Crippen LogP) is 2.19. The molecule has 1 aromatic carbocycles. The number of nitro benzene ring substituents is 1. The van der Waals surface area contributed by atoms with Gasteiger partial charge in [0.1, 0.15) is 5.56 Å². The maximum atomic E-state index is 12.4. The van der Waals surface area contributed by atoms with Crippen molar-refractivity contribution in [2.75, 3.05) is 11.9 Å². The zero-order valence-electron chi connectivity index (χ0n) is 14.8. The second-order valence-corrected chi connectivity index (χ2v) is 7.01. The van der Waals surface area contributed by atoms with Crippen molar-refractivity contribution in [1.82, 2.24) is 9.88 Å². The molecule has 2 heterocycles. The van der Waals surface area contributed by atoms with E-state index in [2.05, 4.69) is 10.3 Å². The molecular formula is C17H14N4O6S. The van der Waals surface area contributed by atoms with Gasteiger partial charge in [-0.25, -0.2) is 4.98 Å². The van der Waals surface area contributed by atoms with Crippen molar-refractivity contribution in [3.63, 3.8) is 0 Å². The average molecular weight is 402 g/mol. The summed E-state index contributed by atoms with van der Waals surface area (Å²) >= 11 is 1.04. The number of hydrogen-bond donors (Lipinski definition) is 1. The van der Waals surface area contributed by atoms with Gasteiger partial charge in [0.15, 0.2) is 10.9 Å². The first-order valence-electron chi connectivity index (χ1n) is 8.12. The van der Waals surface area contributed by atoms with E-state index in [1.54, 1.807) is 6.92 Å². The number of rotatable bonds is 6. The first kappa shape index (κ1) is 19.3. The number of aromatic nitrogens is 1. The molecule has 0 saturated carbocycles. The molecule has 11 heteroatoms. The van der Waals surface area contributed by atoms with E-state index in [0.717, 1.165) is 22.3 Å². The lowest BCUT2D eigenvalue weighted by molar-refractivity contribution is -0.385. The molecule has 1 aliphatic heterocycles. The summed E-state index contributed by atoms with van der Waals surface area (Å²) in [4.78, 5) is 64.1. The van der Waals surface area contributed by atoms with Crippen LogP contribution in [0, 0.1) is 17.0 Å². The molecule has 1 aromatic heterocycles. The van der Waals surface area contributed by atoms with Gasteiger partial charge in [0.25, 0.3) is 17.5 Å². The molecule has 0 unspecified atom stereocenters. The van der Waals surface area contributed by atoms with Crippen molar-refractivity contribution >= 4 is 45.7 Å². The zero-order chi connectivity index (χ0) is 20.6. The highest BCUT2D eigenvalue weighted by molar-refractivity contribution is 7.17. The number of aryl methyl sites for hydroxylation is 1. The Balaban J connectivity index is 1.69. The van der Waals surface area contributed by atoms with Gasteiger partial charge in [-0.15, -0.1) is 0 Å². The maximum absolute atomic E-state index is 12.4. The lowest BCUT2D eigenvalue weighted by Crippen LogP contribution is -2.33. The second-order valence-electron chi connectivity index (χ2n) is 6.01. The molecule has 3 amide bonds. The number of carbonyl (C=O) groups excluding carboxylic acids is 4. The van der Waals surface area contributed by atoms with Crippen molar-refractivity contribution in [3.8, 4) is 0 Å². The Kier molecular flexibility index (Phi) is 5.01. The third-order valence-electron chi connectivity index (χ3n) is 4.10. The average Bonchev–Trinajstić information content (AvgIpc) is 3.11. The van der Waals surface area contributed by atoms with Gasteiger partial charge in [-0.3, -0.25) is 34.2 Å². The van der Waals surface area contributed by atoms with E-state index in [0.29, 0.717) is 10.6 Å². The molecule has 1 N–H and O–H groups in total. The van der Waals surface area contributed by atoms with Gasteiger partial charge in [0.05, 0.1) is 21.1 Å². The minimum atomic E-state index is -0.802. The van der Waals surface area contributed by atoms with Crippen LogP contribution >= 0.6 is 11.3 Å². The van der Waals surface area contributed by atoms with Crippen LogP contribution in [0.4, 0.5) is 10.8 Å². The van der Waals surface area contributed by atoms with E-state index in [1.165, 1.54) is 19.1 Å². The fourth-order valence-corrected chi connectivity index (χ4v) is 3.72. The number of hydrogen-bond acceptors (Lipinski definition) is 8. The monoisotopic (exact) mass is 402 g/mol. The number of nitrogens with zero attached hydrogens (tertiary/aromatic N) is 3. The summed E-state index contributed by atoms with van der Waals surface area (Å²) in [5.74, 6) is -2.15. The van der Waals surface area contributed by atoms with Crippen LogP contribution in [0.3, 0.4) is 0 Å². The number of ketones is 1. The number of nitro groups is 1. The standard InChI is InChI=1S/C17H14N4O6S/c1-8-14(9(2)22)28-17(18-8)19-12(23)6-7-20-15(24)10-4-3-5-11(21(26)27)13(10)16(20)25/h3-5H,6-7H2,1-2H3,(H,18,19,23). The molecular weight excluding hydrogens is 388 g/mol. The summed E-state index contributed by atoms with van der Waals surface area (Å²) in [6.07, 6.45) is -0.215. The van der Waals surface area contributed by atoms with Crippen molar-refractivity contribution in [2.45, 2.75) is 20.3 Å². The second kappa shape index (κ2) is 7.27. The Morgan fingerprint density at radius 1 is 1.29 bits per heavy atom. The van der Waals surface area contributed by atoms with E-state index in [9.17, 15) is 29.3 Å². The lowest BCUT2D eigenvalue weighted by atomic mass is 10.1. The first-order chi connectivity index (χ1) is 13.2. The van der Waals surface area contributed by atoms with E-state index in [4.69, 9.17) is 0 Å². The number of thiazole rings is 1. The number of imide groups is 1. The van der Waals surface area contributed by atoms with Crippen molar-refractivity contribution in [1.29, 1.82) is 0 Å². The largest absolute Gasteiger partial charge is 0.302 e. The van der Waals surface area contributed by atoms with Crippen LogP contribution in [-0.2, 0) is 4.79 Å². The van der Waals surface area contributed by atoms with Gasteiger partial charge >= 0.3 is 0 Å². The lowest BCUT2D eigenvalue weighted by Gasteiger charge is -2.12. The van der Waals surface area contributed by atoms with E-state index in [-0.39, 0.29) is 35.0 Å². The molecule has 0 radical (unpaired) electrons. The molecule has 2 aromatic rings. The highest BCUT2D eigenvalue weighted by Crippen LogP contribution is 2.30. The van der Waals surface area contributed by atoms with Crippen LogP contribution in [0.15, 0.2) is 18.2 Å². The number of Topliss-reactive ketones (excluding diaryl/α,β-unsaturated/α-hetero) is 1. The molecule has 0 aliphatic carbocycles. The van der Waals surface area contributed by atoms with Crippen molar-refractivity contribution in [3.05, 3.63) is 50.0 Å². The number of anilines is 1. The summed E-state index contributed by atoms with van der Waals surface area (Å²) in [7, 11) is 0. The third-order valence-corrected chi connectivity index (χ3v) is 5.27. The smallest absolute Gasteiger partial charge is 0.282 e. The van der Waals surface area contributed by atoms with Crippen molar-refractivity contribution in [2.24, 2.45) is 0 Å². The van der Waals surface area contributed by atoms with Crippen LogP contribution in [0.1, 0.15) is 49.4 Å². The topological polar surface area (TPSA) is 140 Å². The number of nitrogens with one attached hydrogen (secondary N) is 1. The molecule has 28 heavy (non-hydrogen) atoms. The summed E-state index contributed by atoms with van der Waals surface area (Å²) in [5.41, 5.74) is -0.265. The number of amides is 3. The summed E-state index contributed by atoms with van der Waals surface area (Å²) < 4.78 is 0.